The van der Waals surface area contributed by atoms with Crippen molar-refractivity contribution in [3.05, 3.63) is 72.4 Å². The number of benzene rings is 1. The van der Waals surface area contributed by atoms with Crippen molar-refractivity contribution in [3.63, 3.8) is 0 Å². The Kier molecular flexibility index (Phi) is 7.61. The minimum absolute atomic E-state index is 0.0535. The molecule has 224 valence electrons. The summed E-state index contributed by atoms with van der Waals surface area (Å²) in [5.41, 5.74) is 6.15. The van der Waals surface area contributed by atoms with Crippen molar-refractivity contribution in [2.24, 2.45) is 5.92 Å². The topological polar surface area (TPSA) is 171 Å². The fraction of sp³-hybridized carbons (Fsp3) is 0.200. The van der Waals surface area contributed by atoms with Gasteiger partial charge >= 0.3 is 0 Å². The van der Waals surface area contributed by atoms with Crippen LogP contribution in [0.2, 0.25) is 0 Å². The Morgan fingerprint density at radius 2 is 1.89 bits per heavy atom. The highest BCUT2D eigenvalue weighted by Gasteiger charge is 2.18. The summed E-state index contributed by atoms with van der Waals surface area (Å²) in [6.07, 6.45) is 6.28. The highest BCUT2D eigenvalue weighted by Crippen LogP contribution is 2.32. The smallest absolute Gasteiger partial charge is 0.224 e. The molecule has 5 heterocycles. The molecule has 0 unspecified atom stereocenters. The molecule has 6 rings (SSSR count). The number of nitrogens with zero attached hydrogens (tertiary/aromatic N) is 5. The van der Waals surface area contributed by atoms with E-state index < -0.39 is 15.8 Å². The SMILES string of the molecule is CC(C)CC(=O)Nc1cncc(-c2ccc3[nH]nc(-c4nc5nccc(-c6cc(F)cc(CNS(C)(=O)=O)c6)c5[nH]4)c3n2)c1. The zero-order chi connectivity index (χ0) is 31.0. The van der Waals surface area contributed by atoms with E-state index >= 15 is 0 Å². The Labute approximate surface area is 251 Å². The van der Waals surface area contributed by atoms with Crippen LogP contribution in [-0.4, -0.2) is 55.7 Å². The Hall–Kier alpha value is -5.08. The summed E-state index contributed by atoms with van der Waals surface area (Å²) >= 11 is 0. The number of carbonyl (C=O) groups is 1. The van der Waals surface area contributed by atoms with Crippen LogP contribution in [0, 0.1) is 11.7 Å². The lowest BCUT2D eigenvalue weighted by atomic mass is 10.0. The number of carbonyl (C=O) groups excluding carboxylic acids is 1. The summed E-state index contributed by atoms with van der Waals surface area (Å²) in [4.78, 5) is 33.7. The third kappa shape index (κ3) is 6.31. The van der Waals surface area contributed by atoms with Gasteiger partial charge in [0.05, 0.1) is 34.9 Å². The molecule has 0 bridgehead atoms. The monoisotopic (exact) mass is 613 g/mol. The zero-order valence-electron chi connectivity index (χ0n) is 24.0. The van der Waals surface area contributed by atoms with Crippen LogP contribution >= 0.6 is 0 Å². The van der Waals surface area contributed by atoms with Crippen LogP contribution in [0.3, 0.4) is 0 Å². The Bertz CT molecular complexity index is 2140. The van der Waals surface area contributed by atoms with Gasteiger partial charge in [0.25, 0.3) is 0 Å². The molecule has 1 aromatic carbocycles. The first-order valence-corrected chi connectivity index (χ1v) is 15.6. The molecule has 0 aliphatic carbocycles. The lowest BCUT2D eigenvalue weighted by Gasteiger charge is -2.08. The van der Waals surface area contributed by atoms with Crippen LogP contribution in [0.25, 0.3) is 56.1 Å². The maximum Gasteiger partial charge on any atom is 0.224 e. The average molecular weight is 614 g/mol. The van der Waals surface area contributed by atoms with Gasteiger partial charge in [0.1, 0.15) is 11.3 Å². The van der Waals surface area contributed by atoms with E-state index in [0.717, 1.165) is 6.26 Å². The quantitative estimate of drug-likeness (QED) is 0.180. The van der Waals surface area contributed by atoms with Gasteiger partial charge in [-0.25, -0.2) is 32.5 Å². The number of H-pyrrole nitrogens is 2. The van der Waals surface area contributed by atoms with E-state index in [1.165, 1.54) is 12.1 Å². The molecule has 0 spiro atoms. The molecule has 0 aliphatic heterocycles. The number of amides is 1. The number of aromatic amines is 2. The van der Waals surface area contributed by atoms with Gasteiger partial charge in [-0.3, -0.25) is 14.9 Å². The molecule has 12 nitrogen and oxygen atoms in total. The third-order valence-electron chi connectivity index (χ3n) is 6.74. The van der Waals surface area contributed by atoms with Crippen molar-refractivity contribution >= 4 is 43.8 Å². The molecule has 0 fully saturated rings. The van der Waals surface area contributed by atoms with Crippen molar-refractivity contribution in [2.45, 2.75) is 26.8 Å². The summed E-state index contributed by atoms with van der Waals surface area (Å²) in [6.45, 7) is 3.91. The predicted molar refractivity (Wildman–Crippen MR) is 165 cm³/mol. The predicted octanol–water partition coefficient (Wildman–Crippen LogP) is 4.80. The minimum atomic E-state index is -3.45. The maximum absolute atomic E-state index is 14.6. The first-order chi connectivity index (χ1) is 21.0. The molecule has 4 N–H and O–H groups in total. The van der Waals surface area contributed by atoms with Gasteiger partial charge in [0.2, 0.25) is 15.9 Å². The second-order valence-corrected chi connectivity index (χ2v) is 12.7. The van der Waals surface area contributed by atoms with Crippen molar-refractivity contribution in [1.82, 2.24) is 39.8 Å². The van der Waals surface area contributed by atoms with Gasteiger partial charge in [0.15, 0.2) is 17.2 Å². The highest BCUT2D eigenvalue weighted by molar-refractivity contribution is 7.88. The first kappa shape index (κ1) is 29.0. The molecule has 0 aliphatic rings. The normalized spacial score (nSPS) is 11.9. The second-order valence-electron chi connectivity index (χ2n) is 10.9. The highest BCUT2D eigenvalue weighted by atomic mass is 32.2. The number of rotatable bonds is 9. The molecule has 6 aromatic rings. The number of hydrogen-bond donors (Lipinski definition) is 4. The summed E-state index contributed by atoms with van der Waals surface area (Å²) in [5, 5.41) is 10.3. The van der Waals surface area contributed by atoms with E-state index in [2.05, 4.69) is 40.2 Å². The number of imidazole rings is 1. The lowest BCUT2D eigenvalue weighted by Crippen LogP contribution is -2.21. The molecule has 5 aromatic heterocycles. The van der Waals surface area contributed by atoms with E-state index in [-0.39, 0.29) is 18.4 Å². The summed E-state index contributed by atoms with van der Waals surface area (Å²) in [5.74, 6) is 0.0387. The Balaban J connectivity index is 1.36. The van der Waals surface area contributed by atoms with E-state index in [4.69, 9.17) is 4.98 Å². The molecule has 14 heteroatoms. The van der Waals surface area contributed by atoms with Crippen LogP contribution in [0.15, 0.2) is 61.1 Å². The van der Waals surface area contributed by atoms with Crippen LogP contribution in [0.4, 0.5) is 10.1 Å². The average Bonchev–Trinajstić information content (AvgIpc) is 3.59. The number of nitrogens with one attached hydrogen (secondary N) is 4. The standard InChI is InChI=1S/C30H28FN9O3S/c1-16(2)8-25(41)35-21-12-19(14-32-15-21)23-4-5-24-27(36-23)28(40-39-24)30-37-26-22(6-7-33-29(26)38-30)18-9-17(10-20(31)11-18)13-34-44(3,42)43/h4-7,9-12,14-16,34H,8,13H2,1-3H3,(H,35,41)(H,39,40)(H,33,37,38). The largest absolute Gasteiger partial charge is 0.335 e. The maximum atomic E-state index is 14.6. The van der Waals surface area contributed by atoms with Crippen LogP contribution in [0.1, 0.15) is 25.8 Å². The van der Waals surface area contributed by atoms with Crippen LogP contribution in [-0.2, 0) is 21.4 Å². The summed E-state index contributed by atoms with van der Waals surface area (Å²) < 4.78 is 40.1. The number of hydrogen-bond acceptors (Lipinski definition) is 8. The number of anilines is 1. The fourth-order valence-corrected chi connectivity index (χ4v) is 5.27. The number of halogens is 1. The number of aromatic nitrogens is 7. The van der Waals surface area contributed by atoms with E-state index in [1.54, 1.807) is 30.7 Å². The van der Waals surface area contributed by atoms with Gasteiger partial charge in [-0.15, -0.1) is 0 Å². The minimum Gasteiger partial charge on any atom is -0.335 e. The number of sulfonamides is 1. The van der Waals surface area contributed by atoms with Crippen LogP contribution in [0.5, 0.6) is 0 Å². The molecular formula is C30H28FN9O3S. The molecule has 0 saturated heterocycles. The number of pyridine rings is 3. The van der Waals surface area contributed by atoms with Gasteiger partial charge < -0.3 is 10.3 Å². The molecule has 0 radical (unpaired) electrons. The van der Waals surface area contributed by atoms with Gasteiger partial charge in [-0.1, -0.05) is 13.8 Å². The molecule has 0 saturated carbocycles. The lowest BCUT2D eigenvalue weighted by molar-refractivity contribution is -0.116. The van der Waals surface area contributed by atoms with Crippen LogP contribution < -0.4 is 10.0 Å². The van der Waals surface area contributed by atoms with Crippen molar-refractivity contribution in [2.75, 3.05) is 11.6 Å². The zero-order valence-corrected chi connectivity index (χ0v) is 24.8. The molecule has 44 heavy (non-hydrogen) atoms. The van der Waals surface area contributed by atoms with E-state index in [9.17, 15) is 17.6 Å². The van der Waals surface area contributed by atoms with Gasteiger partial charge in [-0.2, -0.15) is 5.10 Å². The Morgan fingerprint density at radius 3 is 2.68 bits per heavy atom. The summed E-state index contributed by atoms with van der Waals surface area (Å²) in [7, 11) is -3.45. The van der Waals surface area contributed by atoms with Crippen molar-refractivity contribution in [1.29, 1.82) is 0 Å². The second kappa shape index (κ2) is 11.5. The molecular weight excluding hydrogens is 585 g/mol. The van der Waals surface area contributed by atoms with E-state index in [0.29, 0.717) is 73.8 Å². The molecule has 1 amide bonds. The van der Waals surface area contributed by atoms with Crippen molar-refractivity contribution in [3.8, 4) is 33.9 Å². The fourth-order valence-electron chi connectivity index (χ4n) is 4.84. The van der Waals surface area contributed by atoms with Gasteiger partial charge in [0, 0.05) is 36.5 Å². The summed E-state index contributed by atoms with van der Waals surface area (Å²) in [6, 6.07) is 11.6. The van der Waals surface area contributed by atoms with E-state index in [1.807, 2.05) is 32.0 Å². The molecule has 0 atom stereocenters. The Morgan fingerprint density at radius 1 is 1.05 bits per heavy atom. The van der Waals surface area contributed by atoms with Gasteiger partial charge in [-0.05, 0) is 59.5 Å². The first-order valence-electron chi connectivity index (χ1n) is 13.7. The third-order valence-corrected chi connectivity index (χ3v) is 7.41. The number of fused-ring (bicyclic) bond motifs is 2. The van der Waals surface area contributed by atoms with Crippen molar-refractivity contribution < 1.29 is 17.6 Å².